The molecule has 4 aromatic rings. The van der Waals surface area contributed by atoms with E-state index in [-0.39, 0.29) is 0 Å². The van der Waals surface area contributed by atoms with E-state index in [0.717, 1.165) is 32.4 Å². The van der Waals surface area contributed by atoms with E-state index in [1.807, 2.05) is 34.9 Å². The largest absolute Gasteiger partial charge is 0.285 e. The molecule has 0 atom stereocenters. The molecule has 0 aliphatic carbocycles. The van der Waals surface area contributed by atoms with Crippen LogP contribution in [0.4, 0.5) is 0 Å². The Kier molecular flexibility index (Phi) is 3.32. The maximum absolute atomic E-state index is 6.02. The molecule has 4 nitrogen and oxygen atoms in total. The van der Waals surface area contributed by atoms with Crippen molar-refractivity contribution in [2.45, 2.75) is 6.42 Å². The van der Waals surface area contributed by atoms with Gasteiger partial charge in [0.1, 0.15) is 5.82 Å². The number of hydrogen-bond acceptors (Lipinski definition) is 3. The maximum Gasteiger partial charge on any atom is 0.160 e. The highest BCUT2D eigenvalue weighted by atomic mass is 79.9. The van der Waals surface area contributed by atoms with Crippen LogP contribution in [0.1, 0.15) is 11.4 Å². The number of nitrogens with zero attached hydrogens (tertiary/aromatic N) is 4. The molecule has 0 fully saturated rings. The number of rotatable bonds is 2. The minimum absolute atomic E-state index is 0.640. The normalized spacial score (nSPS) is 11.4. The Labute approximate surface area is 139 Å². The van der Waals surface area contributed by atoms with E-state index in [2.05, 4.69) is 43.2 Å². The van der Waals surface area contributed by atoms with Crippen LogP contribution < -0.4 is 0 Å². The number of pyridine rings is 2. The number of fused-ring (bicyclic) bond motifs is 2. The summed E-state index contributed by atoms with van der Waals surface area (Å²) in [5.41, 5.74) is 2.91. The molecule has 22 heavy (non-hydrogen) atoms. The fourth-order valence-electron chi connectivity index (χ4n) is 2.48. The molecule has 0 aliphatic rings. The lowest BCUT2D eigenvalue weighted by Gasteiger charge is -2.04. The minimum Gasteiger partial charge on any atom is -0.285 e. The van der Waals surface area contributed by atoms with Crippen molar-refractivity contribution >= 4 is 44.1 Å². The molecule has 0 saturated carbocycles. The average Bonchev–Trinajstić information content (AvgIpc) is 2.89. The lowest BCUT2D eigenvalue weighted by Crippen LogP contribution is -1.96. The Hall–Kier alpha value is -1.98. The van der Waals surface area contributed by atoms with Gasteiger partial charge in [-0.1, -0.05) is 17.7 Å². The van der Waals surface area contributed by atoms with Gasteiger partial charge in [0.15, 0.2) is 5.65 Å². The van der Waals surface area contributed by atoms with Crippen molar-refractivity contribution in [1.29, 1.82) is 0 Å². The predicted molar refractivity (Wildman–Crippen MR) is 90.2 cm³/mol. The van der Waals surface area contributed by atoms with Crippen LogP contribution in [0.2, 0.25) is 5.02 Å². The summed E-state index contributed by atoms with van der Waals surface area (Å²) in [6.07, 6.45) is 4.33. The Morgan fingerprint density at radius 2 is 2.00 bits per heavy atom. The smallest absolute Gasteiger partial charge is 0.160 e. The van der Waals surface area contributed by atoms with Crippen molar-refractivity contribution in [2.75, 3.05) is 0 Å². The second-order valence-electron chi connectivity index (χ2n) is 5.05. The van der Waals surface area contributed by atoms with Crippen LogP contribution in [-0.4, -0.2) is 19.6 Å². The van der Waals surface area contributed by atoms with E-state index in [1.54, 1.807) is 6.20 Å². The van der Waals surface area contributed by atoms with E-state index in [4.69, 9.17) is 11.6 Å². The van der Waals surface area contributed by atoms with Gasteiger partial charge in [-0.05, 0) is 51.8 Å². The third kappa shape index (κ3) is 2.46. The highest BCUT2D eigenvalue weighted by Gasteiger charge is 2.07. The fraction of sp³-hybridized carbons (Fsp3) is 0.0625. The van der Waals surface area contributed by atoms with E-state index >= 15 is 0 Å². The number of benzene rings is 1. The molecule has 4 rings (SSSR count). The maximum atomic E-state index is 6.02. The van der Waals surface area contributed by atoms with Crippen LogP contribution in [-0.2, 0) is 6.42 Å². The van der Waals surface area contributed by atoms with Crippen molar-refractivity contribution in [1.82, 2.24) is 19.6 Å². The van der Waals surface area contributed by atoms with Crippen molar-refractivity contribution in [3.05, 3.63) is 69.7 Å². The van der Waals surface area contributed by atoms with Crippen molar-refractivity contribution < 1.29 is 0 Å². The van der Waals surface area contributed by atoms with Crippen LogP contribution in [0.15, 0.2) is 53.3 Å². The highest BCUT2D eigenvalue weighted by Crippen LogP contribution is 2.20. The van der Waals surface area contributed by atoms with Gasteiger partial charge in [-0.25, -0.2) is 0 Å². The second kappa shape index (κ2) is 5.34. The van der Waals surface area contributed by atoms with Gasteiger partial charge in [0.2, 0.25) is 0 Å². The lowest BCUT2D eigenvalue weighted by atomic mass is 10.1. The Bertz CT molecular complexity index is 996. The third-order valence-electron chi connectivity index (χ3n) is 3.51. The molecular weight excluding hydrogens is 364 g/mol. The summed E-state index contributed by atoms with van der Waals surface area (Å²) in [7, 11) is 0. The fourth-order valence-corrected chi connectivity index (χ4v) is 2.98. The first-order valence-corrected chi connectivity index (χ1v) is 7.89. The summed E-state index contributed by atoms with van der Waals surface area (Å²) in [5.74, 6) is 0.894. The molecule has 3 aromatic heterocycles. The topological polar surface area (TPSA) is 43.1 Å². The summed E-state index contributed by atoms with van der Waals surface area (Å²) in [6.45, 7) is 0. The second-order valence-corrected chi connectivity index (χ2v) is 6.40. The SMILES string of the molecule is Clc1cnc2ccc(Cc3nnc4ccc(Br)cn34)cc2c1. The lowest BCUT2D eigenvalue weighted by molar-refractivity contribution is 0.934. The first-order chi connectivity index (χ1) is 10.7. The van der Waals surface area contributed by atoms with Crippen molar-refractivity contribution in [3.8, 4) is 0 Å². The molecule has 3 heterocycles. The van der Waals surface area contributed by atoms with Crippen LogP contribution in [0, 0.1) is 0 Å². The zero-order valence-electron chi connectivity index (χ0n) is 11.4. The van der Waals surface area contributed by atoms with E-state index < -0.39 is 0 Å². The van der Waals surface area contributed by atoms with Gasteiger partial charge in [-0.15, -0.1) is 10.2 Å². The molecule has 0 N–H and O–H groups in total. The molecule has 0 bridgehead atoms. The van der Waals surface area contributed by atoms with Crippen LogP contribution in [0.25, 0.3) is 16.6 Å². The summed E-state index contributed by atoms with van der Waals surface area (Å²) < 4.78 is 2.99. The highest BCUT2D eigenvalue weighted by molar-refractivity contribution is 9.10. The molecule has 0 radical (unpaired) electrons. The van der Waals surface area contributed by atoms with Gasteiger partial charge in [-0.2, -0.15) is 0 Å². The van der Waals surface area contributed by atoms with Crippen LogP contribution >= 0.6 is 27.5 Å². The zero-order chi connectivity index (χ0) is 15.1. The van der Waals surface area contributed by atoms with Gasteiger partial charge < -0.3 is 0 Å². The Morgan fingerprint density at radius 1 is 1.09 bits per heavy atom. The van der Waals surface area contributed by atoms with Gasteiger partial charge in [0.05, 0.1) is 10.5 Å². The third-order valence-corrected chi connectivity index (χ3v) is 4.19. The zero-order valence-corrected chi connectivity index (χ0v) is 13.7. The monoisotopic (exact) mass is 372 g/mol. The summed E-state index contributed by atoms with van der Waals surface area (Å²) >= 11 is 9.49. The minimum atomic E-state index is 0.640. The van der Waals surface area contributed by atoms with Gasteiger partial charge in [-0.3, -0.25) is 9.38 Å². The number of aromatic nitrogens is 4. The predicted octanol–water partition coefficient (Wildman–Crippen LogP) is 4.28. The van der Waals surface area contributed by atoms with E-state index in [9.17, 15) is 0 Å². The molecule has 1 aromatic carbocycles. The molecule has 108 valence electrons. The Balaban J connectivity index is 1.77. The van der Waals surface area contributed by atoms with Crippen molar-refractivity contribution in [3.63, 3.8) is 0 Å². The quantitative estimate of drug-likeness (QED) is 0.526. The van der Waals surface area contributed by atoms with Crippen molar-refractivity contribution in [2.24, 2.45) is 0 Å². The molecule has 0 amide bonds. The molecule has 0 saturated heterocycles. The van der Waals surface area contributed by atoms with E-state index in [0.29, 0.717) is 11.4 Å². The molecule has 0 aliphatic heterocycles. The van der Waals surface area contributed by atoms with Gasteiger partial charge in [0, 0.05) is 28.7 Å². The van der Waals surface area contributed by atoms with Gasteiger partial charge >= 0.3 is 0 Å². The average molecular weight is 374 g/mol. The van der Waals surface area contributed by atoms with Crippen LogP contribution in [0.5, 0.6) is 0 Å². The first kappa shape index (κ1) is 13.7. The number of hydrogen-bond donors (Lipinski definition) is 0. The van der Waals surface area contributed by atoms with Gasteiger partial charge in [0.25, 0.3) is 0 Å². The summed E-state index contributed by atoms with van der Waals surface area (Å²) in [4.78, 5) is 4.31. The summed E-state index contributed by atoms with van der Waals surface area (Å²) in [5, 5.41) is 10.1. The molecular formula is C16H10BrClN4. The molecule has 6 heteroatoms. The molecule has 0 unspecified atom stereocenters. The van der Waals surface area contributed by atoms with E-state index in [1.165, 1.54) is 0 Å². The number of halogens is 2. The summed E-state index contributed by atoms with van der Waals surface area (Å²) in [6, 6.07) is 12.0. The standard InChI is InChI=1S/C16H10BrClN4/c17-12-2-4-15-20-21-16(22(15)9-12)6-10-1-3-14-11(5-10)7-13(18)8-19-14/h1-5,7-9H,6H2. The molecule has 0 spiro atoms. The first-order valence-electron chi connectivity index (χ1n) is 6.72. The Morgan fingerprint density at radius 3 is 2.91 bits per heavy atom. The van der Waals surface area contributed by atoms with Crippen LogP contribution in [0.3, 0.4) is 0 Å².